The Balaban J connectivity index is 1.33. The van der Waals surface area contributed by atoms with Crippen LogP contribution in [0.2, 0.25) is 0 Å². The zero-order valence-electron chi connectivity index (χ0n) is 18.0. The van der Waals surface area contributed by atoms with Crippen LogP contribution in [0.1, 0.15) is 42.1 Å². The van der Waals surface area contributed by atoms with Gasteiger partial charge in [0, 0.05) is 0 Å². The highest BCUT2D eigenvalue weighted by Gasteiger charge is 2.29. The smallest absolute Gasteiger partial charge is 0.222 e. The molecule has 0 unspecified atom stereocenters. The number of ether oxygens (including phenoxy) is 2. The van der Waals surface area contributed by atoms with Gasteiger partial charge in [-0.15, -0.1) is 0 Å². The molecular weight excluding hydrogens is 400 g/mol. The van der Waals surface area contributed by atoms with Crippen molar-refractivity contribution in [3.63, 3.8) is 0 Å². The van der Waals surface area contributed by atoms with Crippen LogP contribution in [-0.4, -0.2) is 21.4 Å². The van der Waals surface area contributed by atoms with Gasteiger partial charge in [-0.25, -0.2) is 4.68 Å². The molecule has 0 bridgehead atoms. The SMILES string of the molecule is CCOc1ccc([C@@H]2C[C@@H](c3ccc(OCc4ccccc4)cc3)n3ncnc3N2)cc1. The molecule has 6 heteroatoms. The van der Waals surface area contributed by atoms with Crippen LogP contribution in [0, 0.1) is 0 Å². The molecule has 0 saturated heterocycles. The number of hydrogen-bond donors (Lipinski definition) is 1. The average molecular weight is 427 g/mol. The second kappa shape index (κ2) is 9.14. The number of nitrogens with zero attached hydrogens (tertiary/aromatic N) is 3. The maximum Gasteiger partial charge on any atom is 0.222 e. The van der Waals surface area contributed by atoms with Crippen molar-refractivity contribution in [1.82, 2.24) is 14.8 Å². The highest BCUT2D eigenvalue weighted by atomic mass is 16.5. The highest BCUT2D eigenvalue weighted by molar-refractivity contribution is 5.40. The van der Waals surface area contributed by atoms with Gasteiger partial charge in [-0.1, -0.05) is 54.6 Å². The van der Waals surface area contributed by atoms with E-state index in [1.165, 1.54) is 11.1 Å². The molecule has 0 fully saturated rings. The third-order valence-corrected chi connectivity index (χ3v) is 5.74. The van der Waals surface area contributed by atoms with Gasteiger partial charge in [-0.05, 0) is 54.3 Å². The second-order valence-electron chi connectivity index (χ2n) is 7.82. The Hall–Kier alpha value is -3.80. The zero-order valence-corrected chi connectivity index (χ0v) is 18.0. The Labute approximate surface area is 187 Å². The number of nitrogens with one attached hydrogen (secondary N) is 1. The standard InChI is InChI=1S/C26H26N4O2/c1-2-31-22-12-8-20(9-13-22)24-16-25(30-26(29-24)27-18-28-30)21-10-14-23(15-11-21)32-17-19-6-4-3-5-7-19/h3-15,18,24-25H,2,16-17H2,1H3,(H,27,28,29)/t24-,25-/m0/s1. The van der Waals surface area contributed by atoms with E-state index in [2.05, 4.69) is 51.8 Å². The lowest BCUT2D eigenvalue weighted by Crippen LogP contribution is -2.28. The van der Waals surface area contributed by atoms with Crippen molar-refractivity contribution in [3.8, 4) is 11.5 Å². The van der Waals surface area contributed by atoms with Gasteiger partial charge in [0.2, 0.25) is 5.95 Å². The molecule has 3 aromatic carbocycles. The maximum absolute atomic E-state index is 5.95. The first-order valence-electron chi connectivity index (χ1n) is 11.0. The van der Waals surface area contributed by atoms with Crippen LogP contribution in [0.15, 0.2) is 85.2 Å². The lowest BCUT2D eigenvalue weighted by molar-refractivity contribution is 0.306. The molecule has 4 aromatic rings. The van der Waals surface area contributed by atoms with E-state index in [0.717, 1.165) is 29.4 Å². The number of fused-ring (bicyclic) bond motifs is 1. The molecule has 0 spiro atoms. The lowest BCUT2D eigenvalue weighted by atomic mass is 9.93. The molecule has 1 aliphatic heterocycles. The Morgan fingerprint density at radius 1 is 0.875 bits per heavy atom. The summed E-state index contributed by atoms with van der Waals surface area (Å²) in [6.45, 7) is 3.21. The van der Waals surface area contributed by atoms with Gasteiger partial charge in [-0.3, -0.25) is 0 Å². The predicted octanol–water partition coefficient (Wildman–Crippen LogP) is 5.40. The summed E-state index contributed by atoms with van der Waals surface area (Å²) in [5, 5.41) is 7.99. The van der Waals surface area contributed by atoms with Crippen molar-refractivity contribution in [2.45, 2.75) is 32.0 Å². The van der Waals surface area contributed by atoms with E-state index in [-0.39, 0.29) is 12.1 Å². The van der Waals surface area contributed by atoms with E-state index in [9.17, 15) is 0 Å². The van der Waals surface area contributed by atoms with Gasteiger partial charge in [0.1, 0.15) is 24.4 Å². The monoisotopic (exact) mass is 426 g/mol. The van der Waals surface area contributed by atoms with Crippen LogP contribution in [0.3, 0.4) is 0 Å². The molecule has 162 valence electrons. The van der Waals surface area contributed by atoms with Crippen LogP contribution >= 0.6 is 0 Å². The number of aromatic nitrogens is 3. The number of hydrogen-bond acceptors (Lipinski definition) is 5. The first-order valence-corrected chi connectivity index (χ1v) is 11.0. The Bertz CT molecular complexity index is 1140. The first-order chi connectivity index (χ1) is 15.8. The molecule has 0 radical (unpaired) electrons. The van der Waals surface area contributed by atoms with Gasteiger partial charge in [0.15, 0.2) is 0 Å². The molecule has 2 atom stereocenters. The van der Waals surface area contributed by atoms with Crippen molar-refractivity contribution >= 4 is 5.95 Å². The molecule has 1 N–H and O–H groups in total. The Morgan fingerprint density at radius 3 is 2.28 bits per heavy atom. The van der Waals surface area contributed by atoms with Gasteiger partial charge in [-0.2, -0.15) is 10.1 Å². The molecule has 0 saturated carbocycles. The van der Waals surface area contributed by atoms with Crippen LogP contribution in [-0.2, 0) is 6.61 Å². The van der Waals surface area contributed by atoms with E-state index in [0.29, 0.717) is 13.2 Å². The summed E-state index contributed by atoms with van der Waals surface area (Å²) in [6, 6.07) is 27.0. The van der Waals surface area contributed by atoms with Gasteiger partial charge >= 0.3 is 0 Å². The van der Waals surface area contributed by atoms with Crippen LogP contribution in [0.25, 0.3) is 0 Å². The van der Waals surface area contributed by atoms with E-state index in [1.807, 2.05) is 54.1 Å². The fraction of sp³-hybridized carbons (Fsp3) is 0.231. The van der Waals surface area contributed by atoms with Crippen molar-refractivity contribution in [1.29, 1.82) is 0 Å². The van der Waals surface area contributed by atoms with Crippen LogP contribution < -0.4 is 14.8 Å². The summed E-state index contributed by atoms with van der Waals surface area (Å²) in [5.74, 6) is 2.52. The summed E-state index contributed by atoms with van der Waals surface area (Å²) in [6.07, 6.45) is 2.47. The highest BCUT2D eigenvalue weighted by Crippen LogP contribution is 2.38. The third kappa shape index (κ3) is 4.30. The number of anilines is 1. The van der Waals surface area contributed by atoms with Crippen molar-refractivity contribution in [3.05, 3.63) is 102 Å². The molecule has 2 heterocycles. The van der Waals surface area contributed by atoms with E-state index in [4.69, 9.17) is 9.47 Å². The minimum atomic E-state index is 0.0912. The predicted molar refractivity (Wildman–Crippen MR) is 124 cm³/mol. The molecule has 5 rings (SSSR count). The molecule has 32 heavy (non-hydrogen) atoms. The molecule has 6 nitrogen and oxygen atoms in total. The maximum atomic E-state index is 5.95. The van der Waals surface area contributed by atoms with E-state index in [1.54, 1.807) is 6.33 Å². The Kier molecular flexibility index (Phi) is 5.75. The minimum Gasteiger partial charge on any atom is -0.494 e. The summed E-state index contributed by atoms with van der Waals surface area (Å²) >= 11 is 0. The van der Waals surface area contributed by atoms with E-state index < -0.39 is 0 Å². The lowest BCUT2D eigenvalue weighted by Gasteiger charge is -2.32. The molecule has 1 aliphatic rings. The van der Waals surface area contributed by atoms with Gasteiger partial charge in [0.25, 0.3) is 0 Å². The molecular formula is C26H26N4O2. The summed E-state index contributed by atoms with van der Waals surface area (Å²) in [4.78, 5) is 4.43. The fourth-order valence-corrected chi connectivity index (χ4v) is 4.11. The van der Waals surface area contributed by atoms with Crippen LogP contribution in [0.4, 0.5) is 5.95 Å². The molecule has 0 amide bonds. The summed E-state index contributed by atoms with van der Waals surface area (Å²) in [7, 11) is 0. The van der Waals surface area contributed by atoms with Crippen LogP contribution in [0.5, 0.6) is 11.5 Å². The quantitative estimate of drug-likeness (QED) is 0.429. The number of benzene rings is 3. The number of rotatable bonds is 7. The molecule has 1 aromatic heterocycles. The van der Waals surface area contributed by atoms with Crippen molar-refractivity contribution in [2.24, 2.45) is 0 Å². The molecule has 0 aliphatic carbocycles. The first kappa shape index (κ1) is 20.1. The van der Waals surface area contributed by atoms with Crippen molar-refractivity contribution < 1.29 is 9.47 Å². The van der Waals surface area contributed by atoms with Gasteiger partial charge in [0.05, 0.1) is 18.7 Å². The second-order valence-corrected chi connectivity index (χ2v) is 7.82. The summed E-state index contributed by atoms with van der Waals surface area (Å²) < 4.78 is 13.5. The largest absolute Gasteiger partial charge is 0.494 e. The average Bonchev–Trinajstić information content (AvgIpc) is 3.33. The third-order valence-electron chi connectivity index (χ3n) is 5.74. The summed E-state index contributed by atoms with van der Waals surface area (Å²) in [5.41, 5.74) is 3.54. The topological polar surface area (TPSA) is 61.2 Å². The zero-order chi connectivity index (χ0) is 21.8. The van der Waals surface area contributed by atoms with Crippen molar-refractivity contribution in [2.75, 3.05) is 11.9 Å². The van der Waals surface area contributed by atoms with Gasteiger partial charge < -0.3 is 14.8 Å². The fourth-order valence-electron chi connectivity index (χ4n) is 4.11. The minimum absolute atomic E-state index is 0.0912. The Morgan fingerprint density at radius 2 is 1.56 bits per heavy atom. The van der Waals surface area contributed by atoms with E-state index >= 15 is 0 Å². The normalized spacial score (nSPS) is 17.3.